The molecular weight excluding hydrogens is 324 g/mol. The quantitative estimate of drug-likeness (QED) is 0.854. The van der Waals surface area contributed by atoms with Crippen LogP contribution in [0.1, 0.15) is 49.9 Å². The van der Waals surface area contributed by atoms with E-state index in [1.807, 2.05) is 0 Å². The van der Waals surface area contributed by atoms with Crippen LogP contribution in [0.3, 0.4) is 0 Å². The Balaban J connectivity index is 1.86. The molecule has 0 spiro atoms. The molecule has 1 aromatic carbocycles. The molecule has 0 radical (unpaired) electrons. The van der Waals surface area contributed by atoms with Gasteiger partial charge in [0, 0.05) is 18.7 Å². The molecular formula is C18H28N2O3S. The fraction of sp³-hybridized carbons (Fsp3) is 0.611. The smallest absolute Gasteiger partial charge is 0.251 e. The predicted molar refractivity (Wildman–Crippen MR) is 96.0 cm³/mol. The molecule has 0 unspecified atom stereocenters. The van der Waals surface area contributed by atoms with Crippen molar-refractivity contribution in [2.45, 2.75) is 49.7 Å². The third kappa shape index (κ3) is 5.05. The number of nitrogens with zero attached hydrogens (tertiary/aromatic N) is 1. The minimum Gasteiger partial charge on any atom is -0.351 e. The summed E-state index contributed by atoms with van der Waals surface area (Å²) in [5.41, 5.74) is 0.494. The third-order valence-electron chi connectivity index (χ3n) is 4.48. The lowest BCUT2D eigenvalue weighted by Crippen LogP contribution is -2.35. The van der Waals surface area contributed by atoms with Crippen LogP contribution in [-0.2, 0) is 9.84 Å². The van der Waals surface area contributed by atoms with Crippen molar-refractivity contribution in [3.05, 3.63) is 29.8 Å². The molecule has 24 heavy (non-hydrogen) atoms. The van der Waals surface area contributed by atoms with Crippen molar-refractivity contribution < 1.29 is 13.2 Å². The molecule has 1 aliphatic heterocycles. The summed E-state index contributed by atoms with van der Waals surface area (Å²) >= 11 is 0. The number of rotatable bonds is 6. The van der Waals surface area contributed by atoms with Crippen molar-refractivity contribution in [1.82, 2.24) is 10.2 Å². The monoisotopic (exact) mass is 352 g/mol. The zero-order valence-electron chi connectivity index (χ0n) is 14.6. The Bertz CT molecular complexity index is 631. The third-order valence-corrected chi connectivity index (χ3v) is 6.65. The van der Waals surface area contributed by atoms with Gasteiger partial charge in [-0.2, -0.15) is 0 Å². The summed E-state index contributed by atoms with van der Waals surface area (Å²) in [4.78, 5) is 14.8. The Morgan fingerprint density at radius 3 is 2.21 bits per heavy atom. The molecule has 5 nitrogen and oxygen atoms in total. The van der Waals surface area contributed by atoms with Gasteiger partial charge in [-0.15, -0.1) is 0 Å². The Morgan fingerprint density at radius 1 is 1.08 bits per heavy atom. The Kier molecular flexibility index (Phi) is 6.80. The molecule has 1 heterocycles. The SMILES string of the molecule is CC(C)S(=O)(=O)c1ccc(C(=O)NCCN2CCCCCC2)cc1. The first-order valence-corrected chi connectivity index (χ1v) is 10.3. The summed E-state index contributed by atoms with van der Waals surface area (Å²) < 4.78 is 24.2. The number of carbonyl (C=O) groups is 1. The number of amides is 1. The Morgan fingerprint density at radius 2 is 1.67 bits per heavy atom. The van der Waals surface area contributed by atoms with Crippen LogP contribution in [0, 0.1) is 0 Å². The summed E-state index contributed by atoms with van der Waals surface area (Å²) in [6.45, 7) is 7.00. The second-order valence-corrected chi connectivity index (χ2v) is 9.13. The fourth-order valence-electron chi connectivity index (χ4n) is 2.86. The summed E-state index contributed by atoms with van der Waals surface area (Å²) in [6, 6.07) is 6.19. The van der Waals surface area contributed by atoms with E-state index in [1.165, 1.54) is 37.8 Å². The fourth-order valence-corrected chi connectivity index (χ4v) is 3.92. The lowest BCUT2D eigenvalue weighted by molar-refractivity contribution is 0.0948. The van der Waals surface area contributed by atoms with Crippen molar-refractivity contribution in [1.29, 1.82) is 0 Å². The van der Waals surface area contributed by atoms with Gasteiger partial charge in [-0.3, -0.25) is 4.79 Å². The van der Waals surface area contributed by atoms with E-state index in [0.717, 1.165) is 19.6 Å². The molecule has 2 rings (SSSR count). The molecule has 6 heteroatoms. The van der Waals surface area contributed by atoms with Gasteiger partial charge < -0.3 is 10.2 Å². The maximum atomic E-state index is 12.2. The zero-order chi connectivity index (χ0) is 17.6. The second kappa shape index (κ2) is 8.62. The van der Waals surface area contributed by atoms with E-state index in [1.54, 1.807) is 26.0 Å². The summed E-state index contributed by atoms with van der Waals surface area (Å²) in [6.07, 6.45) is 5.07. The molecule has 1 aliphatic rings. The van der Waals surface area contributed by atoms with E-state index in [0.29, 0.717) is 12.1 Å². The maximum Gasteiger partial charge on any atom is 0.251 e. The molecule has 1 fully saturated rings. The summed E-state index contributed by atoms with van der Waals surface area (Å²) in [5, 5.41) is 2.45. The standard InChI is InChI=1S/C18H28N2O3S/c1-15(2)24(22,23)17-9-7-16(8-10-17)18(21)19-11-14-20-12-5-3-4-6-13-20/h7-10,15H,3-6,11-14H2,1-2H3,(H,19,21). The topological polar surface area (TPSA) is 66.5 Å². The van der Waals surface area contributed by atoms with Crippen LogP contribution < -0.4 is 5.32 Å². The van der Waals surface area contributed by atoms with Crippen LogP contribution in [0.15, 0.2) is 29.2 Å². The molecule has 1 aromatic rings. The van der Waals surface area contributed by atoms with Gasteiger partial charge >= 0.3 is 0 Å². The highest BCUT2D eigenvalue weighted by Gasteiger charge is 2.19. The van der Waals surface area contributed by atoms with Crippen molar-refractivity contribution in [3.8, 4) is 0 Å². The molecule has 0 aliphatic carbocycles. The lowest BCUT2D eigenvalue weighted by atomic mass is 10.2. The highest BCUT2D eigenvalue weighted by Crippen LogP contribution is 2.16. The van der Waals surface area contributed by atoms with Crippen molar-refractivity contribution in [2.75, 3.05) is 26.2 Å². The van der Waals surface area contributed by atoms with Gasteiger partial charge in [-0.1, -0.05) is 12.8 Å². The first-order chi connectivity index (χ1) is 11.4. The number of nitrogens with one attached hydrogen (secondary N) is 1. The minimum atomic E-state index is -3.29. The van der Waals surface area contributed by atoms with Crippen LogP contribution in [0.25, 0.3) is 0 Å². The van der Waals surface area contributed by atoms with Crippen LogP contribution in [-0.4, -0.2) is 50.7 Å². The second-order valence-electron chi connectivity index (χ2n) is 6.63. The van der Waals surface area contributed by atoms with Gasteiger partial charge in [0.05, 0.1) is 10.1 Å². The first-order valence-electron chi connectivity index (χ1n) is 8.76. The highest BCUT2D eigenvalue weighted by atomic mass is 32.2. The Labute approximate surface area is 145 Å². The van der Waals surface area contributed by atoms with Gasteiger partial charge in [0.2, 0.25) is 0 Å². The van der Waals surface area contributed by atoms with Crippen LogP contribution in [0.2, 0.25) is 0 Å². The average molecular weight is 353 g/mol. The van der Waals surface area contributed by atoms with E-state index < -0.39 is 15.1 Å². The van der Waals surface area contributed by atoms with E-state index in [9.17, 15) is 13.2 Å². The molecule has 1 saturated heterocycles. The molecule has 0 atom stereocenters. The van der Waals surface area contributed by atoms with Gasteiger partial charge in [0.1, 0.15) is 0 Å². The van der Waals surface area contributed by atoms with E-state index in [4.69, 9.17) is 0 Å². The van der Waals surface area contributed by atoms with E-state index in [-0.39, 0.29) is 10.8 Å². The lowest BCUT2D eigenvalue weighted by Gasteiger charge is -2.19. The first kappa shape index (κ1) is 18.9. The van der Waals surface area contributed by atoms with Crippen molar-refractivity contribution in [3.63, 3.8) is 0 Å². The van der Waals surface area contributed by atoms with Crippen molar-refractivity contribution in [2.24, 2.45) is 0 Å². The van der Waals surface area contributed by atoms with Crippen LogP contribution >= 0.6 is 0 Å². The average Bonchev–Trinajstić information content (AvgIpc) is 2.83. The number of sulfone groups is 1. The molecule has 1 N–H and O–H groups in total. The van der Waals surface area contributed by atoms with Crippen LogP contribution in [0.4, 0.5) is 0 Å². The van der Waals surface area contributed by atoms with Crippen molar-refractivity contribution >= 4 is 15.7 Å². The predicted octanol–water partition coefficient (Wildman–Crippen LogP) is 2.47. The number of carbonyl (C=O) groups excluding carboxylic acids is 1. The van der Waals surface area contributed by atoms with Gasteiger partial charge in [0.15, 0.2) is 9.84 Å². The molecule has 0 saturated carbocycles. The molecule has 0 aromatic heterocycles. The Hall–Kier alpha value is -1.40. The normalized spacial score (nSPS) is 16.8. The highest BCUT2D eigenvalue weighted by molar-refractivity contribution is 7.92. The number of likely N-dealkylation sites (tertiary alicyclic amines) is 1. The number of hydrogen-bond donors (Lipinski definition) is 1. The zero-order valence-corrected chi connectivity index (χ0v) is 15.4. The number of benzene rings is 1. The summed E-state index contributed by atoms with van der Waals surface area (Å²) in [7, 11) is -3.29. The number of hydrogen-bond acceptors (Lipinski definition) is 4. The van der Waals surface area contributed by atoms with E-state index >= 15 is 0 Å². The maximum absolute atomic E-state index is 12.2. The van der Waals surface area contributed by atoms with Gasteiger partial charge in [-0.05, 0) is 64.0 Å². The van der Waals surface area contributed by atoms with Gasteiger partial charge in [0.25, 0.3) is 5.91 Å². The summed E-state index contributed by atoms with van der Waals surface area (Å²) in [5.74, 6) is -0.154. The molecule has 0 bridgehead atoms. The molecule has 1 amide bonds. The minimum absolute atomic E-state index is 0.154. The largest absolute Gasteiger partial charge is 0.351 e. The van der Waals surface area contributed by atoms with Crippen LogP contribution in [0.5, 0.6) is 0 Å². The van der Waals surface area contributed by atoms with Gasteiger partial charge in [-0.25, -0.2) is 8.42 Å². The molecule has 134 valence electrons. The van der Waals surface area contributed by atoms with E-state index in [2.05, 4.69) is 10.2 Å².